The van der Waals surface area contributed by atoms with E-state index in [1.807, 2.05) is 19.9 Å². The van der Waals surface area contributed by atoms with Gasteiger partial charge in [0.15, 0.2) is 6.23 Å². The van der Waals surface area contributed by atoms with Gasteiger partial charge >= 0.3 is 5.97 Å². The smallest absolute Gasteiger partial charge is 0.325 e. The molecule has 5 nitrogen and oxygen atoms in total. The summed E-state index contributed by atoms with van der Waals surface area (Å²) >= 11 is 1.64. The summed E-state index contributed by atoms with van der Waals surface area (Å²) < 4.78 is 0. The Morgan fingerprint density at radius 2 is 2.05 bits per heavy atom. The third-order valence-corrected chi connectivity index (χ3v) is 4.70. The second kappa shape index (κ2) is 5.54. The van der Waals surface area contributed by atoms with Gasteiger partial charge in [0.1, 0.15) is 6.54 Å². The van der Waals surface area contributed by atoms with E-state index in [1.54, 1.807) is 11.3 Å². The van der Waals surface area contributed by atoms with E-state index in [0.29, 0.717) is 5.92 Å². The standard InChI is InChI=1S/C14H20N2O3S/c1-7(2)10-5-9-13(20-10)12(8(3)4)15-16(14(9)19)6-11(17)18/h5,7-8,14,19H,6H2,1-4H3,(H,17,18). The van der Waals surface area contributed by atoms with Gasteiger partial charge in [-0.2, -0.15) is 5.10 Å². The first kappa shape index (κ1) is 15.0. The molecule has 6 heteroatoms. The number of fused-ring (bicyclic) bond motifs is 1. The molecule has 1 atom stereocenters. The van der Waals surface area contributed by atoms with Crippen molar-refractivity contribution in [3.8, 4) is 0 Å². The van der Waals surface area contributed by atoms with E-state index in [9.17, 15) is 9.90 Å². The molecule has 110 valence electrons. The van der Waals surface area contributed by atoms with E-state index in [2.05, 4.69) is 18.9 Å². The summed E-state index contributed by atoms with van der Waals surface area (Å²) in [5.74, 6) is -0.450. The van der Waals surface area contributed by atoms with E-state index in [0.717, 1.165) is 16.2 Å². The summed E-state index contributed by atoms with van der Waals surface area (Å²) in [7, 11) is 0. The third kappa shape index (κ3) is 2.71. The summed E-state index contributed by atoms with van der Waals surface area (Å²) in [4.78, 5) is 13.1. The molecule has 2 heterocycles. The van der Waals surface area contributed by atoms with Crippen molar-refractivity contribution in [1.29, 1.82) is 0 Å². The van der Waals surface area contributed by atoms with Crippen molar-refractivity contribution in [3.63, 3.8) is 0 Å². The van der Waals surface area contributed by atoms with E-state index in [-0.39, 0.29) is 12.5 Å². The molecule has 1 aliphatic rings. The van der Waals surface area contributed by atoms with E-state index in [1.165, 1.54) is 9.89 Å². The molecule has 1 aromatic heterocycles. The highest BCUT2D eigenvalue weighted by atomic mass is 32.1. The van der Waals surface area contributed by atoms with E-state index >= 15 is 0 Å². The third-order valence-electron chi connectivity index (χ3n) is 3.22. The van der Waals surface area contributed by atoms with Crippen molar-refractivity contribution in [2.75, 3.05) is 6.54 Å². The molecular formula is C14H20N2O3S. The van der Waals surface area contributed by atoms with Crippen LogP contribution in [0.2, 0.25) is 0 Å². The zero-order valence-electron chi connectivity index (χ0n) is 12.1. The molecule has 0 radical (unpaired) electrons. The maximum absolute atomic E-state index is 10.9. The van der Waals surface area contributed by atoms with Crippen LogP contribution >= 0.6 is 11.3 Å². The van der Waals surface area contributed by atoms with Gasteiger partial charge in [0.05, 0.1) is 10.6 Å². The second-order valence-corrected chi connectivity index (χ2v) is 6.68. The number of hydrazone groups is 1. The van der Waals surface area contributed by atoms with Gasteiger partial charge in [-0.3, -0.25) is 9.80 Å². The van der Waals surface area contributed by atoms with Crippen LogP contribution < -0.4 is 0 Å². The molecule has 2 rings (SSSR count). The van der Waals surface area contributed by atoms with Crippen LogP contribution in [0, 0.1) is 5.92 Å². The molecule has 2 N–H and O–H groups in total. The number of carboxylic acids is 1. The topological polar surface area (TPSA) is 73.1 Å². The number of thiophene rings is 1. The van der Waals surface area contributed by atoms with Crippen LogP contribution in [-0.2, 0) is 4.79 Å². The van der Waals surface area contributed by atoms with Gasteiger partial charge in [0.25, 0.3) is 0 Å². The van der Waals surface area contributed by atoms with E-state index in [4.69, 9.17) is 5.11 Å². The van der Waals surface area contributed by atoms with Crippen LogP contribution in [-0.4, -0.2) is 33.4 Å². The summed E-state index contributed by atoms with van der Waals surface area (Å²) in [5, 5.41) is 24.9. The van der Waals surface area contributed by atoms with Gasteiger partial charge in [-0.15, -0.1) is 11.3 Å². The van der Waals surface area contributed by atoms with Crippen LogP contribution in [0.3, 0.4) is 0 Å². The Balaban J connectivity index is 2.47. The molecule has 0 spiro atoms. The predicted octanol–water partition coefficient (Wildman–Crippen LogP) is 2.62. The summed E-state index contributed by atoms with van der Waals surface area (Å²) in [6.07, 6.45) is -0.979. The Morgan fingerprint density at radius 3 is 2.55 bits per heavy atom. The van der Waals surface area contributed by atoms with Crippen molar-refractivity contribution >= 4 is 23.0 Å². The lowest BCUT2D eigenvalue weighted by Gasteiger charge is -2.30. The van der Waals surface area contributed by atoms with Crippen molar-refractivity contribution in [3.05, 3.63) is 21.4 Å². The van der Waals surface area contributed by atoms with Gasteiger partial charge in [0.2, 0.25) is 0 Å². The lowest BCUT2D eigenvalue weighted by molar-refractivity contribution is -0.141. The van der Waals surface area contributed by atoms with Crippen LogP contribution in [0.25, 0.3) is 0 Å². The minimum absolute atomic E-state index is 0.177. The Morgan fingerprint density at radius 1 is 1.40 bits per heavy atom. The zero-order chi connectivity index (χ0) is 15.0. The summed E-state index contributed by atoms with van der Waals surface area (Å²) in [6.45, 7) is 7.95. The Labute approximate surface area is 122 Å². The van der Waals surface area contributed by atoms with Crippen molar-refractivity contribution in [2.24, 2.45) is 11.0 Å². The quantitative estimate of drug-likeness (QED) is 0.896. The van der Waals surface area contributed by atoms with Crippen LogP contribution in [0.15, 0.2) is 11.2 Å². The molecular weight excluding hydrogens is 276 g/mol. The lowest BCUT2D eigenvalue weighted by atomic mass is 10.0. The number of hydrogen-bond donors (Lipinski definition) is 2. The lowest BCUT2D eigenvalue weighted by Crippen LogP contribution is -2.35. The maximum atomic E-state index is 10.9. The zero-order valence-corrected chi connectivity index (χ0v) is 12.9. The number of aliphatic hydroxyl groups excluding tert-OH is 1. The number of nitrogens with zero attached hydrogens (tertiary/aromatic N) is 2. The maximum Gasteiger partial charge on any atom is 0.325 e. The molecule has 1 unspecified atom stereocenters. The highest BCUT2D eigenvalue weighted by Crippen LogP contribution is 2.38. The molecule has 0 bridgehead atoms. The average Bonchev–Trinajstić information content (AvgIpc) is 2.77. The number of carboxylic acid groups (broad SMARTS) is 1. The van der Waals surface area contributed by atoms with Gasteiger partial charge in [0, 0.05) is 10.4 Å². The summed E-state index contributed by atoms with van der Waals surface area (Å²) in [6, 6.07) is 1.97. The van der Waals surface area contributed by atoms with Gasteiger partial charge in [-0.05, 0) is 17.9 Å². The van der Waals surface area contributed by atoms with Crippen LogP contribution in [0.4, 0.5) is 0 Å². The van der Waals surface area contributed by atoms with Crippen molar-refractivity contribution in [1.82, 2.24) is 5.01 Å². The molecule has 1 aliphatic heterocycles. The second-order valence-electron chi connectivity index (χ2n) is 5.59. The molecule has 0 saturated carbocycles. The van der Waals surface area contributed by atoms with Gasteiger partial charge in [-0.25, -0.2) is 0 Å². The predicted molar refractivity (Wildman–Crippen MR) is 79.1 cm³/mol. The SMILES string of the molecule is CC(C)C1=NN(CC(=O)O)C(O)c2cc(C(C)C)sc21. The first-order valence-corrected chi connectivity index (χ1v) is 7.52. The molecule has 0 saturated heterocycles. The van der Waals surface area contributed by atoms with Crippen molar-refractivity contribution in [2.45, 2.75) is 39.8 Å². The Kier molecular flexibility index (Phi) is 4.15. The van der Waals surface area contributed by atoms with Gasteiger partial charge in [-0.1, -0.05) is 27.7 Å². The Hall–Kier alpha value is -1.40. The molecule has 0 amide bonds. The molecule has 0 aromatic carbocycles. The fourth-order valence-corrected chi connectivity index (χ4v) is 3.46. The first-order valence-electron chi connectivity index (χ1n) is 6.70. The molecule has 1 aromatic rings. The normalized spacial score (nSPS) is 18.4. The van der Waals surface area contributed by atoms with E-state index < -0.39 is 12.2 Å². The largest absolute Gasteiger partial charge is 0.480 e. The highest BCUT2D eigenvalue weighted by Gasteiger charge is 2.32. The number of rotatable bonds is 4. The molecule has 0 aliphatic carbocycles. The highest BCUT2D eigenvalue weighted by molar-refractivity contribution is 7.14. The van der Waals surface area contributed by atoms with Crippen LogP contribution in [0.1, 0.15) is 55.2 Å². The Bertz CT molecular complexity index is 549. The number of hydrogen-bond acceptors (Lipinski definition) is 5. The minimum atomic E-state index is -1.00. The van der Waals surface area contributed by atoms with Crippen molar-refractivity contribution < 1.29 is 15.0 Å². The number of aliphatic hydroxyl groups is 1. The molecule has 0 fully saturated rings. The summed E-state index contributed by atoms with van der Waals surface area (Å²) in [5.41, 5.74) is 1.63. The molecule has 20 heavy (non-hydrogen) atoms. The first-order chi connectivity index (χ1) is 9.31. The number of carbonyl (C=O) groups is 1. The monoisotopic (exact) mass is 296 g/mol. The fraction of sp³-hybridized carbons (Fsp3) is 0.571. The minimum Gasteiger partial charge on any atom is -0.480 e. The average molecular weight is 296 g/mol. The van der Waals surface area contributed by atoms with Crippen LogP contribution in [0.5, 0.6) is 0 Å². The fourth-order valence-electron chi connectivity index (χ4n) is 2.14. The number of aliphatic carboxylic acids is 1. The van der Waals surface area contributed by atoms with Gasteiger partial charge < -0.3 is 10.2 Å².